The second-order valence-corrected chi connectivity index (χ2v) is 0. The quantitative estimate of drug-likeness (QED) is 0.534. The van der Waals surface area contributed by atoms with Crippen LogP contribution >= 0.6 is 40.5 Å². The Morgan fingerprint density at radius 1 is 0.400 bits per heavy atom. The summed E-state index contributed by atoms with van der Waals surface area (Å²) in [6, 6.07) is 0. The molecule has 0 heterocycles. The summed E-state index contributed by atoms with van der Waals surface area (Å²) in [6.45, 7) is 0. The molecule has 0 aromatic heterocycles. The fraction of sp³-hybridized carbons (Fsp3) is 0. The number of rotatable bonds is 0. The zero-order valence-electron chi connectivity index (χ0n) is 2.21. The van der Waals surface area contributed by atoms with Crippen molar-refractivity contribution in [1.82, 2.24) is 0 Å². The first-order chi connectivity index (χ1) is 0. The van der Waals surface area contributed by atoms with Crippen molar-refractivity contribution in [3.05, 3.63) is 0 Å². The third kappa shape index (κ3) is 18.3. The van der Waals surface area contributed by atoms with E-state index >= 15 is 0 Å². The largest absolute Gasteiger partial charge is 0.197 e. The fourth-order valence-corrected chi connectivity index (χ4v) is 0. The van der Waals surface area contributed by atoms with E-state index in [9.17, 15) is 0 Å². The molecule has 0 rings (SSSR count). The number of hydrogen-bond acceptors (Lipinski definition) is 0. The molecule has 0 fully saturated rings. The Bertz CT molecular complexity index is 4.85. The van der Waals surface area contributed by atoms with Gasteiger partial charge in [0.1, 0.15) is 0 Å². The first-order valence-corrected chi connectivity index (χ1v) is 0. The minimum atomic E-state index is 0. The van der Waals surface area contributed by atoms with E-state index in [-0.39, 0.29) is 120 Å². The van der Waals surface area contributed by atoms with Crippen LogP contribution in [-0.2, 0) is 0 Å². The molecule has 40 valence electrons. The van der Waals surface area contributed by atoms with Gasteiger partial charge in [-0.1, -0.05) is 0 Å². The molecule has 0 unspecified atom stereocenters. The maximum atomic E-state index is 0. The summed E-state index contributed by atoms with van der Waals surface area (Å²) in [5.41, 5.74) is 0. The predicted octanol–water partition coefficient (Wildman–Crippen LogP) is 0.338. The third-order valence-electron chi connectivity index (χ3n) is 0. The van der Waals surface area contributed by atoms with Crippen molar-refractivity contribution in [1.29, 1.82) is 0 Å². The SMILES string of the molecule is S.S.S.[Gd].[Gd]. The van der Waals surface area contributed by atoms with Gasteiger partial charge in [-0.15, -0.1) is 0 Å². The minimum Gasteiger partial charge on any atom is -0.197 e. The molecule has 0 aliphatic carbocycles. The molecular weight excluding hydrogens is 411 g/mol. The van der Waals surface area contributed by atoms with Crippen molar-refractivity contribution in [3.8, 4) is 0 Å². The smallest absolute Gasteiger partial charge is 0 e. The summed E-state index contributed by atoms with van der Waals surface area (Å²) >= 11 is 0. The summed E-state index contributed by atoms with van der Waals surface area (Å²) in [5, 5.41) is 0. The van der Waals surface area contributed by atoms with Gasteiger partial charge in [0, 0.05) is 79.9 Å². The van der Waals surface area contributed by atoms with Crippen LogP contribution in [0.25, 0.3) is 0 Å². The van der Waals surface area contributed by atoms with E-state index in [1.54, 1.807) is 0 Å². The van der Waals surface area contributed by atoms with E-state index in [4.69, 9.17) is 0 Å². The van der Waals surface area contributed by atoms with Gasteiger partial charge in [0.2, 0.25) is 0 Å². The van der Waals surface area contributed by atoms with E-state index in [0.29, 0.717) is 0 Å². The van der Waals surface area contributed by atoms with Crippen LogP contribution in [0.1, 0.15) is 0 Å². The second kappa shape index (κ2) is 25.3. The fourth-order valence-electron chi connectivity index (χ4n) is 0. The Balaban J connectivity index is 0. The summed E-state index contributed by atoms with van der Waals surface area (Å²) in [5.74, 6) is 0. The second-order valence-electron chi connectivity index (χ2n) is 0. The molecule has 0 atom stereocenters. The van der Waals surface area contributed by atoms with Crippen LogP contribution in [0.3, 0.4) is 0 Å². The Kier molecular flexibility index (Phi) is 190. The normalized spacial score (nSPS) is 0. The van der Waals surface area contributed by atoms with Gasteiger partial charge < -0.3 is 0 Å². The predicted molar refractivity (Wildman–Crippen MR) is 31.1 cm³/mol. The van der Waals surface area contributed by atoms with Crippen molar-refractivity contribution >= 4 is 40.5 Å². The van der Waals surface area contributed by atoms with Gasteiger partial charge in [-0.3, -0.25) is 0 Å². The van der Waals surface area contributed by atoms with Gasteiger partial charge in [-0.25, -0.2) is 0 Å². The van der Waals surface area contributed by atoms with E-state index in [1.807, 2.05) is 0 Å². The Labute approximate surface area is 117 Å². The molecule has 0 aromatic carbocycles. The van der Waals surface area contributed by atoms with Crippen LogP contribution in [0.2, 0.25) is 0 Å². The van der Waals surface area contributed by atoms with Crippen molar-refractivity contribution in [2.75, 3.05) is 0 Å². The van der Waals surface area contributed by atoms with Gasteiger partial charge in [-0.05, 0) is 0 Å². The zero-order chi connectivity index (χ0) is 0. The van der Waals surface area contributed by atoms with Crippen molar-refractivity contribution in [2.45, 2.75) is 0 Å². The molecular formula is H6Gd2S3. The minimum absolute atomic E-state index is 0. The van der Waals surface area contributed by atoms with Gasteiger partial charge in [-0.2, -0.15) is 40.5 Å². The average molecular weight is 417 g/mol. The standard InChI is InChI=1S/2Gd.3H2S/h;;3*1H2. The third-order valence-corrected chi connectivity index (χ3v) is 0. The Morgan fingerprint density at radius 2 is 0.400 bits per heavy atom. The summed E-state index contributed by atoms with van der Waals surface area (Å²) in [6.07, 6.45) is 0. The molecule has 5 heteroatoms. The van der Waals surface area contributed by atoms with Crippen LogP contribution in [0.15, 0.2) is 0 Å². The van der Waals surface area contributed by atoms with E-state index < -0.39 is 0 Å². The summed E-state index contributed by atoms with van der Waals surface area (Å²) in [7, 11) is 0. The van der Waals surface area contributed by atoms with Crippen LogP contribution in [0.5, 0.6) is 0 Å². The molecule has 0 nitrogen and oxygen atoms in total. The molecule has 0 aromatic rings. The maximum Gasteiger partial charge on any atom is 0 e. The van der Waals surface area contributed by atoms with Crippen LogP contribution in [0.4, 0.5) is 0 Å². The summed E-state index contributed by atoms with van der Waals surface area (Å²) in [4.78, 5) is 0. The molecule has 0 radical (unpaired) electrons. The summed E-state index contributed by atoms with van der Waals surface area (Å²) < 4.78 is 0. The van der Waals surface area contributed by atoms with Gasteiger partial charge >= 0.3 is 0 Å². The molecule has 5 heavy (non-hydrogen) atoms. The molecule has 0 N–H and O–H groups in total. The van der Waals surface area contributed by atoms with Crippen molar-refractivity contribution in [2.24, 2.45) is 0 Å². The van der Waals surface area contributed by atoms with Crippen LogP contribution in [0, 0.1) is 79.9 Å². The zero-order valence-corrected chi connectivity index (χ0v) is 9.74. The molecule has 0 amide bonds. The van der Waals surface area contributed by atoms with Crippen LogP contribution in [-0.4, -0.2) is 0 Å². The van der Waals surface area contributed by atoms with Crippen LogP contribution < -0.4 is 0 Å². The van der Waals surface area contributed by atoms with E-state index in [1.165, 1.54) is 0 Å². The van der Waals surface area contributed by atoms with E-state index in [2.05, 4.69) is 0 Å². The monoisotopic (exact) mass is 418 g/mol. The average Bonchev–Trinajstić information content (AvgIpc) is 0. The molecule has 0 saturated carbocycles. The van der Waals surface area contributed by atoms with Crippen molar-refractivity contribution in [3.63, 3.8) is 0 Å². The molecule has 0 spiro atoms. The van der Waals surface area contributed by atoms with E-state index in [0.717, 1.165) is 0 Å². The number of hydrogen-bond donors (Lipinski definition) is 0. The van der Waals surface area contributed by atoms with Crippen molar-refractivity contribution < 1.29 is 79.9 Å². The van der Waals surface area contributed by atoms with Gasteiger partial charge in [0.15, 0.2) is 0 Å². The topological polar surface area (TPSA) is 0 Å². The molecule has 0 saturated heterocycles. The molecule has 0 aliphatic heterocycles. The molecule has 0 aliphatic rings. The molecule has 0 bridgehead atoms. The maximum absolute atomic E-state index is 0. The van der Waals surface area contributed by atoms with Gasteiger partial charge in [0.05, 0.1) is 0 Å². The Morgan fingerprint density at radius 3 is 0.400 bits per heavy atom. The van der Waals surface area contributed by atoms with Gasteiger partial charge in [0.25, 0.3) is 0 Å². The first kappa shape index (κ1) is 37.7. The Hall–Kier alpha value is 3.70. The first-order valence-electron chi connectivity index (χ1n) is 0.